The van der Waals surface area contributed by atoms with Crippen LogP contribution in [0, 0.1) is 18.3 Å². The summed E-state index contributed by atoms with van der Waals surface area (Å²) in [5.41, 5.74) is 7.37. The first-order chi connectivity index (χ1) is 17.2. The molecule has 0 radical (unpaired) electrons. The summed E-state index contributed by atoms with van der Waals surface area (Å²) in [6.07, 6.45) is 0. The van der Waals surface area contributed by atoms with E-state index in [9.17, 15) is 5.26 Å². The third-order valence-electron chi connectivity index (χ3n) is 5.30. The highest BCUT2D eigenvalue weighted by Gasteiger charge is 2.18. The normalized spacial score (nSPS) is 11.6. The Balaban J connectivity index is 1.55. The van der Waals surface area contributed by atoms with Crippen LogP contribution in [0.15, 0.2) is 112 Å². The first-order valence-corrected chi connectivity index (χ1v) is 11.8. The van der Waals surface area contributed by atoms with Gasteiger partial charge in [-0.05, 0) is 48.0 Å². The zero-order valence-electron chi connectivity index (χ0n) is 18.9. The van der Waals surface area contributed by atoms with Crippen LogP contribution in [0.2, 0.25) is 0 Å². The molecule has 0 spiro atoms. The van der Waals surface area contributed by atoms with Crippen molar-refractivity contribution in [3.8, 4) is 17.3 Å². The van der Waals surface area contributed by atoms with Crippen LogP contribution in [0.1, 0.15) is 10.6 Å². The molecule has 5 aromatic rings. The number of benzene rings is 4. The standard InChI is InChI=1S/C28H20N6S/c1-19-11-15-24(16-12-19)31-33-25(18-29)27-30-26(22-14-13-20-7-5-6-8-21(20)17-22)28(35-27)34-32-23-9-3-2-4-10-23/h2-17,31H,1H3/b33-25+,34-32?. The third kappa shape index (κ3) is 5.13. The number of hydrazone groups is 1. The molecular formula is C28H20N6S. The van der Waals surface area contributed by atoms with Gasteiger partial charge in [-0.2, -0.15) is 10.4 Å². The number of hydrogen-bond acceptors (Lipinski definition) is 7. The second-order valence-electron chi connectivity index (χ2n) is 7.82. The number of nitrogens with one attached hydrogen (secondary N) is 1. The van der Waals surface area contributed by atoms with Crippen LogP contribution in [0.25, 0.3) is 22.0 Å². The molecule has 168 valence electrons. The number of fused-ring (bicyclic) bond motifs is 1. The van der Waals surface area contributed by atoms with E-state index in [0.717, 1.165) is 33.3 Å². The summed E-state index contributed by atoms with van der Waals surface area (Å²) in [6.45, 7) is 2.02. The molecule has 0 aliphatic carbocycles. The molecular weight excluding hydrogens is 452 g/mol. The van der Waals surface area contributed by atoms with E-state index in [-0.39, 0.29) is 5.71 Å². The Kier molecular flexibility index (Phi) is 6.37. The average molecular weight is 473 g/mol. The third-order valence-corrected chi connectivity index (χ3v) is 6.25. The Morgan fingerprint density at radius 2 is 1.60 bits per heavy atom. The summed E-state index contributed by atoms with van der Waals surface area (Å²) >= 11 is 1.28. The molecule has 4 aromatic carbocycles. The van der Waals surface area contributed by atoms with E-state index in [2.05, 4.69) is 51.1 Å². The van der Waals surface area contributed by atoms with E-state index in [0.29, 0.717) is 15.7 Å². The van der Waals surface area contributed by atoms with E-state index in [1.165, 1.54) is 11.3 Å². The van der Waals surface area contributed by atoms with E-state index < -0.39 is 0 Å². The summed E-state index contributed by atoms with van der Waals surface area (Å²) in [5.74, 6) is 0. The lowest BCUT2D eigenvalue weighted by Crippen LogP contribution is -2.01. The Hall–Kier alpha value is -4.67. The number of nitrogens with zero attached hydrogens (tertiary/aromatic N) is 5. The van der Waals surface area contributed by atoms with E-state index in [1.807, 2.05) is 79.7 Å². The molecule has 6 nitrogen and oxygen atoms in total. The predicted octanol–water partition coefficient (Wildman–Crippen LogP) is 8.03. The number of nitriles is 1. The van der Waals surface area contributed by atoms with Crippen molar-refractivity contribution in [1.82, 2.24) is 4.98 Å². The maximum atomic E-state index is 9.81. The molecule has 1 aromatic heterocycles. The van der Waals surface area contributed by atoms with Crippen LogP contribution >= 0.6 is 11.3 Å². The molecule has 35 heavy (non-hydrogen) atoms. The zero-order valence-corrected chi connectivity index (χ0v) is 19.7. The lowest BCUT2D eigenvalue weighted by Gasteiger charge is -2.02. The summed E-state index contributed by atoms with van der Waals surface area (Å²) in [6, 6.07) is 33.7. The van der Waals surface area contributed by atoms with Gasteiger partial charge < -0.3 is 0 Å². The van der Waals surface area contributed by atoms with Gasteiger partial charge in [0, 0.05) is 5.56 Å². The van der Waals surface area contributed by atoms with E-state index >= 15 is 0 Å². The summed E-state index contributed by atoms with van der Waals surface area (Å²) in [5, 5.41) is 26.3. The van der Waals surface area contributed by atoms with E-state index in [1.54, 1.807) is 0 Å². The quantitative estimate of drug-likeness (QED) is 0.154. The fourth-order valence-corrected chi connectivity index (χ4v) is 4.32. The highest BCUT2D eigenvalue weighted by Crippen LogP contribution is 2.38. The highest BCUT2D eigenvalue weighted by molar-refractivity contribution is 7.18. The fraction of sp³-hybridized carbons (Fsp3) is 0.0357. The van der Waals surface area contributed by atoms with Gasteiger partial charge in [0.25, 0.3) is 0 Å². The molecule has 0 bridgehead atoms. The Bertz CT molecular complexity index is 1580. The summed E-state index contributed by atoms with van der Waals surface area (Å²) in [4.78, 5) is 4.77. The minimum absolute atomic E-state index is 0.179. The van der Waals surface area contributed by atoms with Gasteiger partial charge in [-0.3, -0.25) is 5.43 Å². The second kappa shape index (κ2) is 10.1. The Morgan fingerprint density at radius 1 is 0.857 bits per heavy atom. The number of aryl methyl sites for hydroxylation is 1. The number of rotatable bonds is 6. The van der Waals surface area contributed by atoms with Crippen LogP contribution < -0.4 is 5.43 Å². The van der Waals surface area contributed by atoms with E-state index in [4.69, 9.17) is 4.98 Å². The van der Waals surface area contributed by atoms with Crippen molar-refractivity contribution in [3.63, 3.8) is 0 Å². The average Bonchev–Trinajstić information content (AvgIpc) is 3.33. The van der Waals surface area contributed by atoms with Crippen molar-refractivity contribution in [2.75, 3.05) is 5.43 Å². The van der Waals surface area contributed by atoms with Gasteiger partial charge in [-0.15, -0.1) is 10.2 Å². The van der Waals surface area contributed by atoms with Crippen molar-refractivity contribution in [2.45, 2.75) is 6.92 Å². The molecule has 0 aliphatic rings. The van der Waals surface area contributed by atoms with Gasteiger partial charge >= 0.3 is 0 Å². The topological polar surface area (TPSA) is 85.8 Å². The fourth-order valence-electron chi connectivity index (χ4n) is 3.47. The molecule has 0 aliphatic heterocycles. The predicted molar refractivity (Wildman–Crippen MR) is 143 cm³/mol. The SMILES string of the molecule is Cc1ccc(N/N=C(\C#N)c2nc(-c3ccc4ccccc4c3)c(N=Nc3ccccc3)s2)cc1. The number of anilines is 1. The molecule has 0 fully saturated rings. The molecule has 0 amide bonds. The Labute approximate surface area is 206 Å². The monoisotopic (exact) mass is 472 g/mol. The smallest absolute Gasteiger partial charge is 0.196 e. The van der Waals surface area contributed by atoms with Gasteiger partial charge in [0.05, 0.1) is 11.4 Å². The van der Waals surface area contributed by atoms with Crippen molar-refractivity contribution < 1.29 is 0 Å². The van der Waals surface area contributed by atoms with Crippen LogP contribution in [0.3, 0.4) is 0 Å². The van der Waals surface area contributed by atoms with Gasteiger partial charge in [0.1, 0.15) is 11.8 Å². The van der Waals surface area contributed by atoms with Crippen molar-refractivity contribution in [1.29, 1.82) is 5.26 Å². The molecule has 0 unspecified atom stereocenters. The number of hydrogen-bond donors (Lipinski definition) is 1. The largest absolute Gasteiger partial charge is 0.277 e. The molecule has 0 saturated carbocycles. The van der Waals surface area contributed by atoms with Crippen molar-refractivity contribution in [3.05, 3.63) is 108 Å². The van der Waals surface area contributed by atoms with Crippen LogP contribution in [-0.2, 0) is 0 Å². The molecule has 1 N–H and O–H groups in total. The number of azo groups is 1. The van der Waals surface area contributed by atoms with Gasteiger partial charge in [0.2, 0.25) is 0 Å². The lowest BCUT2D eigenvalue weighted by molar-refractivity contribution is 1.24. The summed E-state index contributed by atoms with van der Waals surface area (Å²) in [7, 11) is 0. The van der Waals surface area contributed by atoms with Gasteiger partial charge in [0.15, 0.2) is 15.7 Å². The number of thiazole rings is 1. The van der Waals surface area contributed by atoms with Crippen LogP contribution in [0.4, 0.5) is 16.4 Å². The van der Waals surface area contributed by atoms with Gasteiger partial charge in [-0.25, -0.2) is 4.98 Å². The molecule has 0 saturated heterocycles. The molecule has 0 atom stereocenters. The highest BCUT2D eigenvalue weighted by atomic mass is 32.1. The summed E-state index contributed by atoms with van der Waals surface area (Å²) < 4.78 is 0. The first-order valence-electron chi connectivity index (χ1n) is 11.0. The lowest BCUT2D eigenvalue weighted by atomic mass is 10.1. The maximum absolute atomic E-state index is 9.81. The van der Waals surface area contributed by atoms with Gasteiger partial charge in [-0.1, -0.05) is 83.6 Å². The molecule has 7 heteroatoms. The minimum Gasteiger partial charge on any atom is -0.277 e. The second-order valence-corrected chi connectivity index (χ2v) is 8.80. The minimum atomic E-state index is 0.179. The maximum Gasteiger partial charge on any atom is 0.196 e. The zero-order chi connectivity index (χ0) is 24.0. The molecule has 5 rings (SSSR count). The van der Waals surface area contributed by atoms with Crippen molar-refractivity contribution >= 4 is 44.2 Å². The number of aromatic nitrogens is 1. The van der Waals surface area contributed by atoms with Crippen LogP contribution in [-0.4, -0.2) is 10.7 Å². The van der Waals surface area contributed by atoms with Crippen molar-refractivity contribution in [2.24, 2.45) is 15.3 Å². The van der Waals surface area contributed by atoms with Crippen LogP contribution in [0.5, 0.6) is 0 Å². The first kappa shape index (κ1) is 22.1. The Morgan fingerprint density at radius 3 is 2.37 bits per heavy atom. The molecule has 1 heterocycles.